The third-order valence-electron chi connectivity index (χ3n) is 9.27. The summed E-state index contributed by atoms with van der Waals surface area (Å²) < 4.78 is 15.2. The number of benzene rings is 4. The summed E-state index contributed by atoms with van der Waals surface area (Å²) >= 11 is 0. The standard InChI is InChI=1S/C22H23N3O2.C21H21N3O2/c1-22(2)16-24(14-17-9-5-3-6-10-17)21(26)20-13-18(23-25(20)22)15-27-19-11-7-4-8-12-19;1-16-6-5-9-19(12-16)26-15-18-13-20-21(25)23(10-11-24(20)22-18)14-17-7-3-2-4-8-17/h3-13H,14-16H2,1-2H3;2-9,12-13H,10-11,14-15H2,1H3. The molecule has 0 saturated heterocycles. The predicted molar refractivity (Wildman–Crippen MR) is 202 cm³/mol. The molecule has 4 aromatic carbocycles. The third kappa shape index (κ3) is 8.49. The number of amides is 2. The topological polar surface area (TPSA) is 94.7 Å². The summed E-state index contributed by atoms with van der Waals surface area (Å²) in [6.07, 6.45) is 0. The molecule has 10 nitrogen and oxygen atoms in total. The third-order valence-corrected chi connectivity index (χ3v) is 9.27. The van der Waals surface area contributed by atoms with Crippen molar-refractivity contribution in [2.75, 3.05) is 13.1 Å². The van der Waals surface area contributed by atoms with E-state index in [0.717, 1.165) is 39.6 Å². The number of para-hydroxylation sites is 1. The molecule has 0 bridgehead atoms. The molecular weight excluding hydrogens is 665 g/mol. The molecule has 2 aliphatic heterocycles. The van der Waals surface area contributed by atoms with Crippen molar-refractivity contribution in [3.8, 4) is 11.5 Å². The number of fused-ring (bicyclic) bond motifs is 2. The smallest absolute Gasteiger partial charge is 0.272 e. The quantitative estimate of drug-likeness (QED) is 0.149. The fourth-order valence-corrected chi connectivity index (χ4v) is 6.67. The van der Waals surface area contributed by atoms with Gasteiger partial charge in [-0.05, 0) is 73.9 Å². The van der Waals surface area contributed by atoms with Crippen molar-refractivity contribution in [1.29, 1.82) is 0 Å². The van der Waals surface area contributed by atoms with Crippen molar-refractivity contribution in [3.05, 3.63) is 167 Å². The van der Waals surface area contributed by atoms with Gasteiger partial charge in [-0.3, -0.25) is 19.0 Å². The zero-order chi connectivity index (χ0) is 36.8. The summed E-state index contributed by atoms with van der Waals surface area (Å²) in [7, 11) is 0. The van der Waals surface area contributed by atoms with E-state index in [1.165, 1.54) is 0 Å². The monoisotopic (exact) mass is 708 g/mol. The van der Waals surface area contributed by atoms with Crippen LogP contribution in [-0.4, -0.2) is 54.3 Å². The molecule has 0 spiro atoms. The summed E-state index contributed by atoms with van der Waals surface area (Å²) in [4.78, 5) is 29.6. The zero-order valence-electron chi connectivity index (χ0n) is 30.4. The SMILES string of the molecule is CC1(C)CN(Cc2ccccc2)C(=O)c2cc(COc3ccccc3)nn21.Cc1cccc(OCc2cc3n(n2)CCN(Cc2ccccc2)C3=O)c1. The minimum Gasteiger partial charge on any atom is -0.487 e. The van der Waals surface area contributed by atoms with E-state index >= 15 is 0 Å². The van der Waals surface area contributed by atoms with E-state index in [9.17, 15) is 9.59 Å². The second kappa shape index (κ2) is 15.6. The lowest BCUT2D eigenvalue weighted by Crippen LogP contribution is -2.50. The van der Waals surface area contributed by atoms with Crippen LogP contribution in [0.1, 0.15) is 62.9 Å². The molecule has 0 saturated carbocycles. The molecule has 0 radical (unpaired) electrons. The van der Waals surface area contributed by atoms with Gasteiger partial charge in [-0.1, -0.05) is 91.0 Å². The Morgan fingerprint density at radius 1 is 0.604 bits per heavy atom. The van der Waals surface area contributed by atoms with Crippen molar-refractivity contribution in [2.24, 2.45) is 0 Å². The van der Waals surface area contributed by atoms with Crippen molar-refractivity contribution in [2.45, 2.75) is 59.2 Å². The van der Waals surface area contributed by atoms with Gasteiger partial charge in [0.05, 0.1) is 12.1 Å². The van der Waals surface area contributed by atoms with Crippen LogP contribution in [0.4, 0.5) is 0 Å². The second-order valence-corrected chi connectivity index (χ2v) is 14.1. The maximum atomic E-state index is 13.0. The molecule has 10 heteroatoms. The molecule has 0 unspecified atom stereocenters. The highest BCUT2D eigenvalue weighted by Crippen LogP contribution is 2.28. The van der Waals surface area contributed by atoms with Crippen LogP contribution in [0.15, 0.2) is 127 Å². The molecule has 270 valence electrons. The van der Waals surface area contributed by atoms with Crippen LogP contribution >= 0.6 is 0 Å². The summed E-state index contributed by atoms with van der Waals surface area (Å²) in [5.74, 6) is 1.64. The van der Waals surface area contributed by atoms with Crippen molar-refractivity contribution < 1.29 is 19.1 Å². The van der Waals surface area contributed by atoms with Gasteiger partial charge in [0.25, 0.3) is 11.8 Å². The molecular formula is C43H44N6O4. The highest BCUT2D eigenvalue weighted by Gasteiger charge is 2.38. The fourth-order valence-electron chi connectivity index (χ4n) is 6.67. The maximum absolute atomic E-state index is 13.0. The molecule has 2 aromatic heterocycles. The van der Waals surface area contributed by atoms with E-state index < -0.39 is 0 Å². The highest BCUT2D eigenvalue weighted by atomic mass is 16.5. The van der Waals surface area contributed by atoms with Gasteiger partial charge >= 0.3 is 0 Å². The lowest BCUT2D eigenvalue weighted by molar-refractivity contribution is 0.0555. The first-order chi connectivity index (χ1) is 25.7. The molecule has 0 fully saturated rings. The average Bonchev–Trinajstić information content (AvgIpc) is 3.81. The maximum Gasteiger partial charge on any atom is 0.272 e. The number of hydrogen-bond acceptors (Lipinski definition) is 6. The molecule has 53 heavy (non-hydrogen) atoms. The van der Waals surface area contributed by atoms with Gasteiger partial charge in [0.15, 0.2) is 0 Å². The van der Waals surface area contributed by atoms with E-state index in [1.54, 1.807) is 4.68 Å². The second-order valence-electron chi connectivity index (χ2n) is 14.1. The van der Waals surface area contributed by atoms with E-state index in [4.69, 9.17) is 9.47 Å². The van der Waals surface area contributed by atoms with Crippen LogP contribution < -0.4 is 9.47 Å². The Morgan fingerprint density at radius 3 is 1.81 bits per heavy atom. The summed E-state index contributed by atoms with van der Waals surface area (Å²) in [6.45, 7) is 10.2. The fraction of sp³-hybridized carbons (Fsp3) is 0.256. The first-order valence-corrected chi connectivity index (χ1v) is 17.9. The molecule has 2 aliphatic rings. The summed E-state index contributed by atoms with van der Waals surface area (Å²) in [5, 5.41) is 9.18. The first-order valence-electron chi connectivity index (χ1n) is 17.9. The van der Waals surface area contributed by atoms with Gasteiger partial charge in [-0.25, -0.2) is 0 Å². The number of ether oxygens (including phenoxy) is 2. The largest absolute Gasteiger partial charge is 0.487 e. The normalized spacial score (nSPS) is 14.5. The van der Waals surface area contributed by atoms with Crippen molar-refractivity contribution in [1.82, 2.24) is 29.4 Å². The minimum atomic E-state index is -0.275. The van der Waals surface area contributed by atoms with Crippen molar-refractivity contribution in [3.63, 3.8) is 0 Å². The number of nitrogens with zero attached hydrogens (tertiary/aromatic N) is 6. The zero-order valence-corrected chi connectivity index (χ0v) is 30.4. The number of carbonyl (C=O) groups is 2. The van der Waals surface area contributed by atoms with E-state index in [2.05, 4.69) is 24.0 Å². The van der Waals surface area contributed by atoms with Gasteiger partial charge in [0, 0.05) is 26.2 Å². The van der Waals surface area contributed by atoms with Gasteiger partial charge in [0.2, 0.25) is 0 Å². The first kappa shape index (κ1) is 35.3. The summed E-state index contributed by atoms with van der Waals surface area (Å²) in [5.41, 5.74) is 5.93. The van der Waals surface area contributed by atoms with Gasteiger partial charge in [-0.15, -0.1) is 0 Å². The molecule has 4 heterocycles. The Balaban J connectivity index is 0.000000164. The average molecular weight is 709 g/mol. The molecule has 0 aliphatic carbocycles. The van der Waals surface area contributed by atoms with E-state index in [1.807, 2.05) is 149 Å². The summed E-state index contributed by atoms with van der Waals surface area (Å²) in [6, 6.07) is 41.4. The van der Waals surface area contributed by atoms with Crippen molar-refractivity contribution >= 4 is 11.8 Å². The Morgan fingerprint density at radius 2 is 1.15 bits per heavy atom. The van der Waals surface area contributed by atoms with E-state index in [-0.39, 0.29) is 17.4 Å². The van der Waals surface area contributed by atoms with Gasteiger partial charge in [-0.2, -0.15) is 10.2 Å². The Kier molecular flexibility index (Phi) is 10.4. The number of aryl methyl sites for hydroxylation is 1. The Hall–Kier alpha value is -6.16. The van der Waals surface area contributed by atoms with Crippen LogP contribution in [0.2, 0.25) is 0 Å². The lowest BCUT2D eigenvalue weighted by atomic mass is 10.0. The lowest BCUT2D eigenvalue weighted by Gasteiger charge is -2.38. The molecule has 8 rings (SSSR count). The Bertz CT molecular complexity index is 2160. The number of hydrogen-bond donors (Lipinski definition) is 0. The molecule has 6 aromatic rings. The predicted octanol–water partition coefficient (Wildman–Crippen LogP) is 7.28. The molecule has 2 amide bonds. The minimum absolute atomic E-state index is 0.0108. The van der Waals surface area contributed by atoms with Crippen LogP contribution in [0.3, 0.4) is 0 Å². The van der Waals surface area contributed by atoms with Crippen LogP contribution in [0.5, 0.6) is 11.5 Å². The number of rotatable bonds is 10. The van der Waals surface area contributed by atoms with Crippen LogP contribution in [0.25, 0.3) is 0 Å². The van der Waals surface area contributed by atoms with Crippen LogP contribution in [0, 0.1) is 6.92 Å². The number of aromatic nitrogens is 4. The van der Waals surface area contributed by atoms with Gasteiger partial charge < -0.3 is 19.3 Å². The van der Waals surface area contributed by atoms with E-state index in [0.29, 0.717) is 57.3 Å². The van der Waals surface area contributed by atoms with Crippen LogP contribution in [-0.2, 0) is 38.4 Å². The molecule has 0 N–H and O–H groups in total. The Labute approximate surface area is 310 Å². The molecule has 0 atom stereocenters. The number of carbonyl (C=O) groups excluding carboxylic acids is 2. The highest BCUT2D eigenvalue weighted by molar-refractivity contribution is 5.94. The van der Waals surface area contributed by atoms with Gasteiger partial charge in [0.1, 0.15) is 47.5 Å².